The third kappa shape index (κ3) is 1.85. The Balaban J connectivity index is 2.64. The normalized spacial score (nSPS) is 10.2. The lowest BCUT2D eigenvalue weighted by atomic mass is 10.1. The number of aromatic nitrogens is 2. The van der Waals surface area contributed by atoms with Crippen LogP contribution in [0.2, 0.25) is 5.15 Å². The lowest BCUT2D eigenvalue weighted by Crippen LogP contribution is -1.97. The highest BCUT2D eigenvalue weighted by Gasteiger charge is 2.08. The molecule has 2 aromatic rings. The molecular formula is C10H9ClN4. The van der Waals surface area contributed by atoms with E-state index in [9.17, 15) is 0 Å². The predicted octanol–water partition coefficient (Wildman–Crippen LogP) is 1.96. The van der Waals surface area contributed by atoms with Gasteiger partial charge in [-0.1, -0.05) is 11.6 Å². The number of anilines is 2. The Morgan fingerprint density at radius 3 is 2.60 bits per heavy atom. The minimum Gasteiger partial charge on any atom is -0.397 e. The molecule has 4 nitrogen and oxygen atoms in total. The number of hydrogen-bond donors (Lipinski definition) is 2. The van der Waals surface area contributed by atoms with Crippen LogP contribution in [0.5, 0.6) is 0 Å². The van der Waals surface area contributed by atoms with Crippen LogP contribution in [0.25, 0.3) is 11.3 Å². The molecule has 76 valence electrons. The van der Waals surface area contributed by atoms with Crippen LogP contribution in [0.1, 0.15) is 0 Å². The van der Waals surface area contributed by atoms with Gasteiger partial charge in [0.25, 0.3) is 0 Å². The van der Waals surface area contributed by atoms with E-state index in [1.165, 1.54) is 0 Å². The van der Waals surface area contributed by atoms with Gasteiger partial charge >= 0.3 is 0 Å². The average Bonchev–Trinajstić information content (AvgIpc) is 2.23. The van der Waals surface area contributed by atoms with Gasteiger partial charge in [0.1, 0.15) is 5.15 Å². The van der Waals surface area contributed by atoms with Crippen molar-refractivity contribution in [2.45, 2.75) is 0 Å². The summed E-state index contributed by atoms with van der Waals surface area (Å²) in [5.74, 6) is 0. The van der Waals surface area contributed by atoms with Crippen LogP contribution in [-0.4, -0.2) is 9.97 Å². The molecule has 0 spiro atoms. The fraction of sp³-hybridized carbons (Fsp3) is 0. The number of nitrogens with zero attached hydrogens (tertiary/aromatic N) is 2. The Morgan fingerprint density at radius 2 is 1.87 bits per heavy atom. The minimum absolute atomic E-state index is 0.385. The zero-order chi connectivity index (χ0) is 10.8. The first-order valence-corrected chi connectivity index (χ1v) is 4.68. The highest BCUT2D eigenvalue weighted by Crippen LogP contribution is 2.28. The van der Waals surface area contributed by atoms with Crippen molar-refractivity contribution in [1.82, 2.24) is 9.97 Å². The van der Waals surface area contributed by atoms with Crippen LogP contribution in [0.15, 0.2) is 30.6 Å². The Kier molecular flexibility index (Phi) is 2.43. The van der Waals surface area contributed by atoms with E-state index in [4.69, 9.17) is 23.1 Å². The first-order valence-electron chi connectivity index (χ1n) is 4.30. The quantitative estimate of drug-likeness (QED) is 0.721. The number of hydrogen-bond acceptors (Lipinski definition) is 4. The van der Waals surface area contributed by atoms with Crippen molar-refractivity contribution in [2.24, 2.45) is 0 Å². The predicted molar refractivity (Wildman–Crippen MR) is 61.3 cm³/mol. The van der Waals surface area contributed by atoms with Crippen molar-refractivity contribution in [3.8, 4) is 11.3 Å². The maximum atomic E-state index is 5.80. The van der Waals surface area contributed by atoms with Gasteiger partial charge in [-0.2, -0.15) is 0 Å². The van der Waals surface area contributed by atoms with Gasteiger partial charge in [-0.25, -0.2) is 4.98 Å². The van der Waals surface area contributed by atoms with E-state index in [0.29, 0.717) is 22.2 Å². The summed E-state index contributed by atoms with van der Waals surface area (Å²) in [6, 6.07) is 5.09. The fourth-order valence-electron chi connectivity index (χ4n) is 1.28. The molecule has 2 rings (SSSR count). The molecule has 0 amide bonds. The molecule has 0 fully saturated rings. The van der Waals surface area contributed by atoms with Crippen LogP contribution in [0.4, 0.5) is 11.4 Å². The summed E-state index contributed by atoms with van der Waals surface area (Å²) in [5.41, 5.74) is 14.0. The van der Waals surface area contributed by atoms with Gasteiger partial charge in [-0.15, -0.1) is 0 Å². The summed E-state index contributed by atoms with van der Waals surface area (Å²) in [6.45, 7) is 0. The molecule has 0 aromatic carbocycles. The van der Waals surface area contributed by atoms with Crippen molar-refractivity contribution in [3.05, 3.63) is 35.7 Å². The van der Waals surface area contributed by atoms with E-state index in [0.717, 1.165) is 5.56 Å². The second-order valence-corrected chi connectivity index (χ2v) is 3.42. The molecular weight excluding hydrogens is 212 g/mol. The van der Waals surface area contributed by atoms with Crippen LogP contribution >= 0.6 is 11.6 Å². The zero-order valence-corrected chi connectivity index (χ0v) is 8.57. The molecule has 0 saturated heterocycles. The summed E-state index contributed by atoms with van der Waals surface area (Å²) in [6.07, 6.45) is 3.19. The molecule has 0 unspecified atom stereocenters. The van der Waals surface area contributed by atoms with Gasteiger partial charge in [0.2, 0.25) is 0 Å². The molecule has 15 heavy (non-hydrogen) atoms. The number of pyridine rings is 2. The van der Waals surface area contributed by atoms with Crippen molar-refractivity contribution in [3.63, 3.8) is 0 Å². The number of nitrogens with two attached hydrogens (primary N) is 2. The van der Waals surface area contributed by atoms with Gasteiger partial charge in [0.05, 0.1) is 23.3 Å². The van der Waals surface area contributed by atoms with Crippen LogP contribution in [0.3, 0.4) is 0 Å². The number of halogens is 1. The molecule has 0 atom stereocenters. The molecule has 2 aromatic heterocycles. The Bertz CT molecular complexity index is 499. The van der Waals surface area contributed by atoms with Gasteiger partial charge < -0.3 is 11.5 Å². The maximum Gasteiger partial charge on any atom is 0.129 e. The SMILES string of the molecule is Nc1cnccc1-c1nc(Cl)ccc1N. The van der Waals surface area contributed by atoms with Crippen LogP contribution in [0, 0.1) is 0 Å². The van der Waals surface area contributed by atoms with Crippen LogP contribution < -0.4 is 11.5 Å². The smallest absolute Gasteiger partial charge is 0.129 e. The molecule has 0 bridgehead atoms. The standard InChI is InChI=1S/C10H9ClN4/c11-9-2-1-7(12)10(15-9)6-3-4-14-5-8(6)13/h1-5H,12-13H2. The molecule has 0 aliphatic heterocycles. The molecule has 0 aliphatic carbocycles. The maximum absolute atomic E-state index is 5.80. The molecule has 4 N–H and O–H groups in total. The Labute approximate surface area is 91.9 Å². The number of rotatable bonds is 1. The van der Waals surface area contributed by atoms with Gasteiger partial charge in [0.15, 0.2) is 0 Å². The molecule has 0 radical (unpaired) electrons. The topological polar surface area (TPSA) is 77.8 Å². The molecule has 5 heteroatoms. The average molecular weight is 221 g/mol. The van der Waals surface area contributed by atoms with Gasteiger partial charge in [-0.05, 0) is 18.2 Å². The van der Waals surface area contributed by atoms with Crippen LogP contribution in [-0.2, 0) is 0 Å². The zero-order valence-electron chi connectivity index (χ0n) is 7.81. The van der Waals surface area contributed by atoms with Crippen molar-refractivity contribution < 1.29 is 0 Å². The highest BCUT2D eigenvalue weighted by atomic mass is 35.5. The van der Waals surface area contributed by atoms with E-state index in [-0.39, 0.29) is 0 Å². The third-order valence-electron chi connectivity index (χ3n) is 2.00. The molecule has 0 saturated carbocycles. The van der Waals surface area contributed by atoms with Crippen molar-refractivity contribution in [2.75, 3.05) is 11.5 Å². The monoisotopic (exact) mass is 220 g/mol. The third-order valence-corrected chi connectivity index (χ3v) is 2.21. The minimum atomic E-state index is 0.385. The van der Waals surface area contributed by atoms with E-state index < -0.39 is 0 Å². The summed E-state index contributed by atoms with van der Waals surface area (Å²) in [4.78, 5) is 8.03. The van der Waals surface area contributed by atoms with E-state index in [1.807, 2.05) is 0 Å². The second kappa shape index (κ2) is 3.74. The number of nitrogen functional groups attached to an aromatic ring is 2. The summed E-state index contributed by atoms with van der Waals surface area (Å²) >= 11 is 5.80. The molecule has 2 heterocycles. The molecule has 0 aliphatic rings. The first kappa shape index (κ1) is 9.73. The largest absolute Gasteiger partial charge is 0.397 e. The lowest BCUT2D eigenvalue weighted by molar-refractivity contribution is 1.29. The Morgan fingerprint density at radius 1 is 1.07 bits per heavy atom. The Hall–Kier alpha value is -1.81. The second-order valence-electron chi connectivity index (χ2n) is 3.03. The summed E-state index contributed by atoms with van der Waals surface area (Å²) in [7, 11) is 0. The van der Waals surface area contributed by atoms with Crippen molar-refractivity contribution >= 4 is 23.0 Å². The van der Waals surface area contributed by atoms with Gasteiger partial charge in [0, 0.05) is 11.8 Å². The fourth-order valence-corrected chi connectivity index (χ4v) is 1.43. The summed E-state index contributed by atoms with van der Waals surface area (Å²) < 4.78 is 0. The highest BCUT2D eigenvalue weighted by molar-refractivity contribution is 6.29. The van der Waals surface area contributed by atoms with E-state index in [2.05, 4.69) is 9.97 Å². The lowest BCUT2D eigenvalue weighted by Gasteiger charge is -2.07. The van der Waals surface area contributed by atoms with Crippen molar-refractivity contribution in [1.29, 1.82) is 0 Å². The van der Waals surface area contributed by atoms with E-state index >= 15 is 0 Å². The summed E-state index contributed by atoms with van der Waals surface area (Å²) in [5, 5.41) is 0.385. The first-order chi connectivity index (χ1) is 7.18. The van der Waals surface area contributed by atoms with Gasteiger partial charge in [-0.3, -0.25) is 4.98 Å². The van der Waals surface area contributed by atoms with E-state index in [1.54, 1.807) is 30.6 Å².